The van der Waals surface area contributed by atoms with E-state index in [0.29, 0.717) is 0 Å². The minimum Gasteiger partial charge on any atom is -0.351 e. The number of thiophene rings is 1. The molecule has 0 unspecified atom stereocenters. The minimum absolute atomic E-state index is 0.953. The van der Waals surface area contributed by atoms with E-state index in [1.807, 2.05) is 11.3 Å². The third-order valence-electron chi connectivity index (χ3n) is 2.76. The van der Waals surface area contributed by atoms with Gasteiger partial charge in [-0.25, -0.2) is 9.97 Å². The second-order valence-electron chi connectivity index (χ2n) is 3.73. The number of hydrogen-bond acceptors (Lipinski definition) is 4. The molecule has 1 aliphatic rings. The Kier molecular flexibility index (Phi) is 2.65. The summed E-state index contributed by atoms with van der Waals surface area (Å²) < 4.78 is 0.966. The summed E-state index contributed by atoms with van der Waals surface area (Å²) in [5.41, 5.74) is 1.43. The Hall–Kier alpha value is -0.940. The van der Waals surface area contributed by atoms with Gasteiger partial charge in [-0.05, 0) is 39.4 Å². The molecule has 0 spiro atoms. The molecule has 0 fully saturated rings. The second-order valence-corrected chi connectivity index (χ2v) is 5.59. The molecule has 2 aromatic heterocycles. The van der Waals surface area contributed by atoms with Crippen LogP contribution in [0.25, 0.3) is 0 Å². The van der Waals surface area contributed by atoms with E-state index in [4.69, 9.17) is 0 Å². The van der Waals surface area contributed by atoms with Gasteiger partial charge >= 0.3 is 0 Å². The van der Waals surface area contributed by atoms with Crippen molar-refractivity contribution in [1.29, 1.82) is 0 Å². The normalized spacial score (nSPS) is 14.9. The van der Waals surface area contributed by atoms with Crippen LogP contribution in [-0.4, -0.2) is 16.5 Å². The predicted octanol–water partition coefficient (Wildman–Crippen LogP) is 2.86. The first-order valence-corrected chi connectivity index (χ1v) is 6.77. The topological polar surface area (TPSA) is 29.0 Å². The number of anilines is 1. The molecular formula is C11H10BrN3S. The highest BCUT2D eigenvalue weighted by atomic mass is 79.9. The van der Waals surface area contributed by atoms with E-state index in [9.17, 15) is 0 Å². The molecule has 16 heavy (non-hydrogen) atoms. The first kappa shape index (κ1) is 10.2. The first-order valence-electron chi connectivity index (χ1n) is 5.10. The van der Waals surface area contributed by atoms with Crippen molar-refractivity contribution in [2.75, 3.05) is 11.4 Å². The molecule has 0 aromatic carbocycles. The van der Waals surface area contributed by atoms with Gasteiger partial charge in [-0.2, -0.15) is 0 Å². The molecular weight excluding hydrogens is 286 g/mol. The molecule has 0 N–H and O–H groups in total. The van der Waals surface area contributed by atoms with Crippen molar-refractivity contribution in [3.05, 3.63) is 38.9 Å². The van der Waals surface area contributed by atoms with Gasteiger partial charge in [-0.15, -0.1) is 11.3 Å². The van der Waals surface area contributed by atoms with Crippen LogP contribution < -0.4 is 4.90 Å². The Bertz CT molecular complexity index is 511. The summed E-state index contributed by atoms with van der Waals surface area (Å²) in [7, 11) is 0. The lowest BCUT2D eigenvalue weighted by Crippen LogP contribution is -2.30. The van der Waals surface area contributed by atoms with Gasteiger partial charge in [0.2, 0.25) is 0 Å². The maximum absolute atomic E-state index is 4.33. The van der Waals surface area contributed by atoms with E-state index >= 15 is 0 Å². The summed E-state index contributed by atoms with van der Waals surface area (Å²) in [6.45, 7) is 1.98. The van der Waals surface area contributed by atoms with E-state index in [0.717, 1.165) is 29.8 Å². The van der Waals surface area contributed by atoms with Crippen molar-refractivity contribution in [1.82, 2.24) is 9.97 Å². The molecule has 0 atom stereocenters. The summed E-state index contributed by atoms with van der Waals surface area (Å²) in [5, 5.41) is 2.17. The van der Waals surface area contributed by atoms with Crippen LogP contribution in [0.4, 0.5) is 5.82 Å². The van der Waals surface area contributed by atoms with Gasteiger partial charge in [-0.1, -0.05) is 0 Å². The van der Waals surface area contributed by atoms with Crippen molar-refractivity contribution >= 4 is 33.1 Å². The minimum atomic E-state index is 0.953. The summed E-state index contributed by atoms with van der Waals surface area (Å²) in [6, 6.07) is 2.21. The maximum Gasteiger partial charge on any atom is 0.146 e. The zero-order chi connectivity index (χ0) is 11.0. The zero-order valence-corrected chi connectivity index (χ0v) is 11.0. The molecule has 2 aromatic rings. The van der Waals surface area contributed by atoms with Gasteiger partial charge in [-0.3, -0.25) is 0 Å². The highest BCUT2D eigenvalue weighted by Crippen LogP contribution is 2.29. The lowest BCUT2D eigenvalue weighted by molar-refractivity contribution is 0.728. The fourth-order valence-corrected chi connectivity index (χ4v) is 3.33. The van der Waals surface area contributed by atoms with Crippen LogP contribution in [0.5, 0.6) is 0 Å². The summed E-state index contributed by atoms with van der Waals surface area (Å²) >= 11 is 5.35. The Labute approximate surface area is 106 Å². The van der Waals surface area contributed by atoms with Crippen molar-refractivity contribution < 1.29 is 0 Å². The van der Waals surface area contributed by atoms with Crippen molar-refractivity contribution in [3.8, 4) is 0 Å². The molecule has 0 bridgehead atoms. The van der Waals surface area contributed by atoms with Crippen LogP contribution in [0, 0.1) is 0 Å². The largest absolute Gasteiger partial charge is 0.351 e. The first-order chi connectivity index (χ1) is 7.84. The van der Waals surface area contributed by atoms with Gasteiger partial charge < -0.3 is 4.90 Å². The van der Waals surface area contributed by atoms with Crippen LogP contribution in [-0.2, 0) is 13.0 Å². The van der Waals surface area contributed by atoms with Crippen molar-refractivity contribution in [2.45, 2.75) is 13.0 Å². The maximum atomic E-state index is 4.33. The molecule has 0 saturated carbocycles. The molecule has 3 heterocycles. The van der Waals surface area contributed by atoms with E-state index in [1.165, 1.54) is 10.4 Å². The SMILES string of the molecule is Brc1cncnc1N1CCc2sccc2C1. The fourth-order valence-electron chi connectivity index (χ4n) is 1.97. The van der Waals surface area contributed by atoms with Crippen LogP contribution >= 0.6 is 27.3 Å². The van der Waals surface area contributed by atoms with Gasteiger partial charge in [0.1, 0.15) is 12.1 Å². The molecule has 0 radical (unpaired) electrons. The third kappa shape index (κ3) is 1.74. The molecule has 0 saturated heterocycles. The van der Waals surface area contributed by atoms with E-state index in [1.54, 1.807) is 12.5 Å². The number of nitrogens with zero attached hydrogens (tertiary/aromatic N) is 3. The average Bonchev–Trinajstić information content (AvgIpc) is 2.76. The Morgan fingerprint density at radius 3 is 3.25 bits per heavy atom. The molecule has 5 heteroatoms. The fraction of sp³-hybridized carbons (Fsp3) is 0.273. The molecule has 82 valence electrons. The summed E-state index contributed by atoms with van der Waals surface area (Å²) in [4.78, 5) is 12.1. The van der Waals surface area contributed by atoms with Crippen LogP contribution in [0.3, 0.4) is 0 Å². The molecule has 3 nitrogen and oxygen atoms in total. The summed E-state index contributed by atoms with van der Waals surface area (Å²) in [6.07, 6.45) is 4.51. The van der Waals surface area contributed by atoms with Crippen molar-refractivity contribution in [3.63, 3.8) is 0 Å². The van der Waals surface area contributed by atoms with Crippen LogP contribution in [0.15, 0.2) is 28.4 Å². The monoisotopic (exact) mass is 295 g/mol. The smallest absolute Gasteiger partial charge is 0.146 e. The van der Waals surface area contributed by atoms with E-state index < -0.39 is 0 Å². The number of halogens is 1. The Morgan fingerprint density at radius 2 is 2.38 bits per heavy atom. The lowest BCUT2D eigenvalue weighted by atomic mass is 10.1. The van der Waals surface area contributed by atoms with Gasteiger partial charge in [0.15, 0.2) is 0 Å². The number of rotatable bonds is 1. The quantitative estimate of drug-likeness (QED) is 0.810. The lowest BCUT2D eigenvalue weighted by Gasteiger charge is -2.28. The highest BCUT2D eigenvalue weighted by Gasteiger charge is 2.19. The van der Waals surface area contributed by atoms with E-state index in [2.05, 4.69) is 42.2 Å². The van der Waals surface area contributed by atoms with Gasteiger partial charge in [0.05, 0.1) is 4.47 Å². The predicted molar refractivity (Wildman–Crippen MR) is 68.8 cm³/mol. The molecule has 1 aliphatic heterocycles. The summed E-state index contributed by atoms with van der Waals surface area (Å²) in [5.74, 6) is 0.992. The van der Waals surface area contributed by atoms with Crippen molar-refractivity contribution in [2.24, 2.45) is 0 Å². The zero-order valence-electron chi connectivity index (χ0n) is 8.56. The number of aromatic nitrogens is 2. The molecule has 0 amide bonds. The second kappa shape index (κ2) is 4.14. The Balaban J connectivity index is 1.92. The molecule has 3 rings (SSSR count). The molecule has 0 aliphatic carbocycles. The van der Waals surface area contributed by atoms with Gasteiger partial charge in [0.25, 0.3) is 0 Å². The van der Waals surface area contributed by atoms with Crippen LogP contribution in [0.1, 0.15) is 10.4 Å². The van der Waals surface area contributed by atoms with Gasteiger partial charge in [0, 0.05) is 24.2 Å². The third-order valence-corrected chi connectivity index (χ3v) is 4.34. The average molecular weight is 296 g/mol. The number of hydrogen-bond donors (Lipinski definition) is 0. The van der Waals surface area contributed by atoms with E-state index in [-0.39, 0.29) is 0 Å². The highest BCUT2D eigenvalue weighted by molar-refractivity contribution is 9.10. The standard InChI is InChI=1S/C11H10BrN3S/c12-9-5-13-7-14-11(9)15-3-1-10-8(6-15)2-4-16-10/h2,4-5,7H,1,3,6H2. The Morgan fingerprint density at radius 1 is 1.44 bits per heavy atom. The van der Waals surface area contributed by atoms with Crippen LogP contribution in [0.2, 0.25) is 0 Å². The number of fused-ring (bicyclic) bond motifs is 1.